The third-order valence-corrected chi connectivity index (χ3v) is 6.67. The lowest BCUT2D eigenvalue weighted by molar-refractivity contribution is -0.147. The molecule has 3 amide bonds. The van der Waals surface area contributed by atoms with Crippen molar-refractivity contribution < 1.29 is 19.1 Å². The van der Waals surface area contributed by atoms with Crippen molar-refractivity contribution in [1.82, 2.24) is 20.7 Å². The minimum Gasteiger partial charge on any atom is -0.374 e. The Morgan fingerprint density at radius 2 is 1.66 bits per heavy atom. The van der Waals surface area contributed by atoms with Crippen LogP contribution in [0.25, 0.3) is 0 Å². The maximum absolute atomic E-state index is 13.8. The van der Waals surface area contributed by atoms with E-state index in [-0.39, 0.29) is 25.0 Å². The highest BCUT2D eigenvalue weighted by molar-refractivity contribution is 5.92. The van der Waals surface area contributed by atoms with Crippen LogP contribution in [-0.4, -0.2) is 73.0 Å². The minimum atomic E-state index is -1.16. The van der Waals surface area contributed by atoms with Crippen LogP contribution in [0.2, 0.25) is 0 Å². The van der Waals surface area contributed by atoms with Gasteiger partial charge in [-0.05, 0) is 44.2 Å². The molecule has 0 spiro atoms. The smallest absolute Gasteiger partial charge is 0.247 e. The number of benzene rings is 2. The van der Waals surface area contributed by atoms with E-state index in [1.807, 2.05) is 60.7 Å². The third kappa shape index (κ3) is 8.11. The summed E-state index contributed by atoms with van der Waals surface area (Å²) >= 11 is 0. The predicted molar refractivity (Wildman–Crippen MR) is 147 cm³/mol. The van der Waals surface area contributed by atoms with E-state index in [0.29, 0.717) is 32.4 Å². The Bertz CT molecular complexity index is 1070. The number of nitrogens with two attached hydrogens (primary N) is 1. The first kappa shape index (κ1) is 29.3. The molecule has 0 aliphatic carbocycles. The maximum atomic E-state index is 13.8. The summed E-state index contributed by atoms with van der Waals surface area (Å²) in [5.41, 5.74) is 8.93. The van der Waals surface area contributed by atoms with Gasteiger partial charge in [0.1, 0.15) is 6.04 Å². The number of hydrogen-bond acceptors (Lipinski definition) is 6. The fourth-order valence-corrected chi connectivity index (χ4v) is 4.65. The predicted octanol–water partition coefficient (Wildman–Crippen LogP) is 1.87. The number of rotatable bonds is 11. The lowest BCUT2D eigenvalue weighted by Crippen LogP contribution is -2.61. The van der Waals surface area contributed by atoms with Crippen molar-refractivity contribution in [2.24, 2.45) is 11.1 Å². The van der Waals surface area contributed by atoms with Gasteiger partial charge in [0, 0.05) is 27.2 Å². The Labute approximate surface area is 225 Å². The van der Waals surface area contributed by atoms with Gasteiger partial charge in [-0.15, -0.1) is 0 Å². The monoisotopic (exact) mass is 523 g/mol. The van der Waals surface area contributed by atoms with Crippen LogP contribution in [0.1, 0.15) is 37.8 Å². The summed E-state index contributed by atoms with van der Waals surface area (Å²) < 4.78 is 5.87. The summed E-state index contributed by atoms with van der Waals surface area (Å²) in [6, 6.07) is 18.5. The van der Waals surface area contributed by atoms with Gasteiger partial charge in [0.25, 0.3) is 0 Å². The fourth-order valence-electron chi connectivity index (χ4n) is 4.65. The number of carbonyl (C=O) groups is 3. The molecule has 9 nitrogen and oxygen atoms in total. The topological polar surface area (TPSA) is 117 Å². The van der Waals surface area contributed by atoms with E-state index in [9.17, 15) is 14.4 Å². The Balaban J connectivity index is 1.81. The number of piperidine rings is 1. The zero-order valence-electron chi connectivity index (χ0n) is 22.9. The number of carbonyl (C=O) groups excluding carboxylic acids is 3. The molecule has 206 valence electrons. The molecule has 0 aromatic heterocycles. The number of nitrogens with one attached hydrogen (secondary N) is 2. The molecule has 0 radical (unpaired) electrons. The van der Waals surface area contributed by atoms with Crippen molar-refractivity contribution in [3.63, 3.8) is 0 Å². The molecule has 2 aromatic carbocycles. The van der Waals surface area contributed by atoms with E-state index in [1.54, 1.807) is 37.9 Å². The van der Waals surface area contributed by atoms with E-state index < -0.39 is 22.9 Å². The van der Waals surface area contributed by atoms with E-state index >= 15 is 0 Å². The second-order valence-corrected chi connectivity index (χ2v) is 10.9. The van der Waals surface area contributed by atoms with Crippen LogP contribution in [-0.2, 0) is 32.1 Å². The highest BCUT2D eigenvalue weighted by atomic mass is 16.5. The largest absolute Gasteiger partial charge is 0.374 e. The molecular weight excluding hydrogens is 482 g/mol. The molecule has 1 aliphatic heterocycles. The van der Waals surface area contributed by atoms with Crippen molar-refractivity contribution in [1.29, 1.82) is 0 Å². The number of amides is 3. The molecule has 2 atom stereocenters. The first-order chi connectivity index (χ1) is 18.0. The highest BCUT2D eigenvalue weighted by Gasteiger charge is 2.45. The molecule has 1 aliphatic rings. The standard InChI is InChI=1S/C29H41N5O4/c1-28(2,30)26(36)31-24(20-38-19-23-14-9-6-10-15-23)25(35)34-17-11-16-29(21-34,27(37)32-33(3)4)18-22-12-7-5-8-13-22/h5-10,12-15,24H,11,16-21,30H2,1-4H3,(H,31,36)(H,32,37)/t24-,29-/m1/s1. The van der Waals surface area contributed by atoms with E-state index in [1.165, 1.54) is 0 Å². The average molecular weight is 524 g/mol. The molecule has 0 bridgehead atoms. The van der Waals surface area contributed by atoms with Crippen LogP contribution >= 0.6 is 0 Å². The lowest BCUT2D eigenvalue weighted by atomic mass is 9.74. The van der Waals surface area contributed by atoms with Gasteiger partial charge in [-0.25, -0.2) is 5.01 Å². The zero-order valence-corrected chi connectivity index (χ0v) is 22.9. The summed E-state index contributed by atoms with van der Waals surface area (Å²) in [7, 11) is 3.54. The Morgan fingerprint density at radius 1 is 1.05 bits per heavy atom. The van der Waals surface area contributed by atoms with Crippen LogP contribution in [0, 0.1) is 5.41 Å². The second-order valence-electron chi connectivity index (χ2n) is 10.9. The molecule has 9 heteroatoms. The normalized spacial score (nSPS) is 18.6. The molecule has 1 saturated heterocycles. The molecular formula is C29H41N5O4. The van der Waals surface area contributed by atoms with Gasteiger partial charge in [0.15, 0.2) is 0 Å². The SMILES string of the molecule is CN(C)NC(=O)[C@@]1(Cc2ccccc2)CCCN(C(=O)[C@@H](COCc2ccccc2)NC(=O)C(C)(C)N)C1. The minimum absolute atomic E-state index is 0.0123. The number of nitrogens with zero attached hydrogens (tertiary/aromatic N) is 2. The molecule has 0 saturated carbocycles. The molecule has 38 heavy (non-hydrogen) atoms. The summed E-state index contributed by atoms with van der Waals surface area (Å²) in [6.07, 6.45) is 1.80. The van der Waals surface area contributed by atoms with Crippen molar-refractivity contribution in [2.45, 2.75) is 51.3 Å². The van der Waals surface area contributed by atoms with Crippen molar-refractivity contribution >= 4 is 17.7 Å². The van der Waals surface area contributed by atoms with Gasteiger partial charge in [0.2, 0.25) is 17.7 Å². The first-order valence-corrected chi connectivity index (χ1v) is 13.0. The van der Waals surface area contributed by atoms with Crippen LogP contribution in [0.5, 0.6) is 0 Å². The Hall–Kier alpha value is -3.27. The number of likely N-dealkylation sites (tertiary alicyclic amines) is 1. The van der Waals surface area contributed by atoms with Crippen LogP contribution in [0.3, 0.4) is 0 Å². The van der Waals surface area contributed by atoms with Gasteiger partial charge in [0.05, 0.1) is 24.2 Å². The van der Waals surface area contributed by atoms with Crippen LogP contribution in [0.15, 0.2) is 60.7 Å². The van der Waals surface area contributed by atoms with Crippen molar-refractivity contribution in [2.75, 3.05) is 33.8 Å². The summed E-state index contributed by atoms with van der Waals surface area (Å²) in [5, 5.41) is 4.41. The average Bonchev–Trinajstić information content (AvgIpc) is 2.88. The summed E-state index contributed by atoms with van der Waals surface area (Å²) in [5.74, 6) is -0.865. The van der Waals surface area contributed by atoms with E-state index in [4.69, 9.17) is 10.5 Å². The Morgan fingerprint density at radius 3 is 2.24 bits per heavy atom. The molecule has 3 rings (SSSR count). The third-order valence-electron chi connectivity index (χ3n) is 6.67. The van der Waals surface area contributed by atoms with Crippen LogP contribution < -0.4 is 16.5 Å². The van der Waals surface area contributed by atoms with E-state index in [2.05, 4.69) is 10.7 Å². The number of hydrogen-bond donors (Lipinski definition) is 3. The van der Waals surface area contributed by atoms with Gasteiger partial charge < -0.3 is 20.7 Å². The van der Waals surface area contributed by atoms with E-state index in [0.717, 1.165) is 11.1 Å². The summed E-state index contributed by atoms with van der Waals surface area (Å²) in [6.45, 7) is 4.19. The highest BCUT2D eigenvalue weighted by Crippen LogP contribution is 2.34. The number of hydrazine groups is 1. The fraction of sp³-hybridized carbons (Fsp3) is 0.483. The molecule has 1 fully saturated rings. The quantitative estimate of drug-likeness (QED) is 0.387. The van der Waals surface area contributed by atoms with Crippen molar-refractivity contribution in [3.05, 3.63) is 71.8 Å². The molecule has 0 unspecified atom stereocenters. The number of ether oxygens (including phenoxy) is 1. The summed E-state index contributed by atoms with van der Waals surface area (Å²) in [4.78, 5) is 41.8. The zero-order chi connectivity index (χ0) is 27.8. The maximum Gasteiger partial charge on any atom is 0.247 e. The van der Waals surface area contributed by atoms with Gasteiger partial charge in [-0.2, -0.15) is 0 Å². The van der Waals surface area contributed by atoms with Crippen LogP contribution in [0.4, 0.5) is 0 Å². The van der Waals surface area contributed by atoms with Crippen molar-refractivity contribution in [3.8, 4) is 0 Å². The first-order valence-electron chi connectivity index (χ1n) is 13.0. The Kier molecular flexibility index (Phi) is 10.0. The van der Waals surface area contributed by atoms with Gasteiger partial charge in [-0.1, -0.05) is 60.7 Å². The molecule has 4 N–H and O–H groups in total. The lowest BCUT2D eigenvalue weighted by Gasteiger charge is -2.43. The van der Waals surface area contributed by atoms with Gasteiger partial charge >= 0.3 is 0 Å². The molecule has 2 aromatic rings. The molecule has 1 heterocycles. The van der Waals surface area contributed by atoms with Gasteiger partial charge in [-0.3, -0.25) is 19.8 Å². The second kappa shape index (κ2) is 13.0.